The van der Waals surface area contributed by atoms with Crippen LogP contribution in [0.15, 0.2) is 122 Å². The van der Waals surface area contributed by atoms with Gasteiger partial charge in [0.2, 0.25) is 5.69 Å². The van der Waals surface area contributed by atoms with Crippen LogP contribution in [0.2, 0.25) is 0 Å². The number of nitrogens with zero attached hydrogens (tertiary/aromatic N) is 6. The van der Waals surface area contributed by atoms with Crippen LogP contribution in [0.1, 0.15) is 72.0 Å². The van der Waals surface area contributed by atoms with Crippen molar-refractivity contribution < 1.29 is 34.0 Å². The van der Waals surface area contributed by atoms with E-state index in [1.807, 2.05) is 80.6 Å². The minimum atomic E-state index is -2.58. The van der Waals surface area contributed by atoms with Gasteiger partial charge in [0, 0.05) is 50.3 Å². The molecule has 8 aromatic rings. The zero-order valence-electron chi connectivity index (χ0n) is 39.0. The number of benzene rings is 5. The minimum absolute atomic E-state index is 0. The van der Waals surface area contributed by atoms with E-state index < -0.39 is 13.7 Å². The summed E-state index contributed by atoms with van der Waals surface area (Å²) in [5.74, 6) is 1.62. The van der Waals surface area contributed by atoms with Gasteiger partial charge in [0.15, 0.2) is 0 Å². The molecule has 0 saturated carbocycles. The number of hydrogen-bond acceptors (Lipinski definition) is 4. The average Bonchev–Trinajstić information content (AvgIpc) is 3.78. The Hall–Kier alpha value is -6.00. The maximum atomic E-state index is 8.40. The second-order valence-corrected chi connectivity index (χ2v) is 16.3. The molecule has 0 spiro atoms. The van der Waals surface area contributed by atoms with Crippen LogP contribution in [0, 0.1) is 25.8 Å². The van der Waals surface area contributed by atoms with Crippen LogP contribution in [0.25, 0.3) is 38.9 Å². The fourth-order valence-electron chi connectivity index (χ4n) is 7.34. The summed E-state index contributed by atoms with van der Waals surface area (Å²) < 4.78 is 62.9. The van der Waals surface area contributed by atoms with Crippen LogP contribution in [0.5, 0.6) is 11.5 Å². The molecule has 0 bridgehead atoms. The normalized spacial score (nSPS) is 14.6. The summed E-state index contributed by atoms with van der Waals surface area (Å²) in [6.07, 6.45) is 5.15. The molecule has 0 unspecified atom stereocenters. The molecule has 0 atom stereocenters. The van der Waals surface area contributed by atoms with E-state index in [9.17, 15) is 0 Å². The van der Waals surface area contributed by atoms with E-state index in [1.165, 1.54) is 24.5 Å². The number of ether oxygens (including phenoxy) is 1. The first-order valence-corrected chi connectivity index (χ1v) is 18.9. The molecular formula is C50H44N6OPt+2. The average molecular weight is 946 g/mol. The van der Waals surface area contributed by atoms with Crippen LogP contribution in [0.3, 0.4) is 0 Å². The molecule has 9 rings (SSSR count). The number of fused-ring (bicyclic) bond motifs is 4. The smallest absolute Gasteiger partial charge is 0.509 e. The second-order valence-electron chi connectivity index (χ2n) is 16.3. The van der Waals surface area contributed by atoms with Gasteiger partial charge in [0.05, 0.1) is 5.56 Å². The Morgan fingerprint density at radius 3 is 2.12 bits per heavy atom. The third kappa shape index (κ3) is 6.89. The summed E-state index contributed by atoms with van der Waals surface area (Å²) in [6, 6.07) is 42.0. The van der Waals surface area contributed by atoms with E-state index in [0.29, 0.717) is 39.9 Å². The van der Waals surface area contributed by atoms with Crippen LogP contribution in [-0.4, -0.2) is 25.5 Å². The summed E-state index contributed by atoms with van der Waals surface area (Å²) in [4.78, 5) is 13.8. The van der Waals surface area contributed by atoms with Crippen LogP contribution >= 0.6 is 0 Å². The predicted molar refractivity (Wildman–Crippen MR) is 231 cm³/mol. The molecule has 8 heteroatoms. The quantitative estimate of drug-likeness (QED) is 0.123. The van der Waals surface area contributed by atoms with E-state index in [2.05, 4.69) is 81.8 Å². The third-order valence-electron chi connectivity index (χ3n) is 10.4. The molecule has 0 saturated heterocycles. The summed E-state index contributed by atoms with van der Waals surface area (Å²) in [7, 11) is 0. The van der Waals surface area contributed by atoms with E-state index in [-0.39, 0.29) is 48.6 Å². The Kier molecular flexibility index (Phi) is 8.14. The molecular weight excluding hydrogens is 896 g/mol. The van der Waals surface area contributed by atoms with Gasteiger partial charge in [0.1, 0.15) is 23.5 Å². The zero-order valence-corrected chi connectivity index (χ0v) is 35.2. The van der Waals surface area contributed by atoms with Gasteiger partial charge in [-0.2, -0.15) is 6.07 Å². The molecule has 0 radical (unpaired) electrons. The predicted octanol–water partition coefficient (Wildman–Crippen LogP) is 12.1. The molecule has 0 N–H and O–H groups in total. The molecule has 58 heavy (non-hydrogen) atoms. The number of hydrogen-bond donors (Lipinski definition) is 0. The molecule has 5 aromatic carbocycles. The third-order valence-corrected chi connectivity index (χ3v) is 10.4. The van der Waals surface area contributed by atoms with Crippen molar-refractivity contribution in [3.63, 3.8) is 0 Å². The van der Waals surface area contributed by atoms with Gasteiger partial charge in [-0.3, -0.25) is 0 Å². The largest absolute Gasteiger partial charge is 2.00 e. The number of aromatic nitrogens is 4. The first-order chi connectivity index (χ1) is 29.8. The fraction of sp³-hybridized carbons (Fsp3) is 0.200. The first kappa shape index (κ1) is 32.0. The van der Waals surface area contributed by atoms with Crippen molar-refractivity contribution in [1.82, 2.24) is 28.7 Å². The fourth-order valence-corrected chi connectivity index (χ4v) is 7.34. The van der Waals surface area contributed by atoms with Gasteiger partial charge < -0.3 is 9.30 Å². The molecule has 3 aromatic heterocycles. The Morgan fingerprint density at radius 1 is 0.690 bits per heavy atom. The Balaban J connectivity index is 0.00000560. The van der Waals surface area contributed by atoms with Crippen molar-refractivity contribution >= 4 is 50.7 Å². The molecule has 7 nitrogen and oxygen atoms in total. The Labute approximate surface area is 362 Å². The van der Waals surface area contributed by atoms with Crippen LogP contribution in [0.4, 0.5) is 22.7 Å². The summed E-state index contributed by atoms with van der Waals surface area (Å²) >= 11 is 0. The van der Waals surface area contributed by atoms with Crippen LogP contribution < -0.4 is 13.9 Å². The Bertz CT molecular complexity index is 3170. The summed E-state index contributed by atoms with van der Waals surface area (Å²) in [5, 5.41) is 1.77. The number of pyridine rings is 1. The second kappa shape index (κ2) is 14.7. The first-order valence-electron chi connectivity index (χ1n) is 21.9. The topological polar surface area (TPSA) is 58.9 Å². The monoisotopic (exact) mass is 945 g/mol. The molecule has 0 fully saturated rings. The minimum Gasteiger partial charge on any atom is -0.509 e. The van der Waals surface area contributed by atoms with Gasteiger partial charge >= 0.3 is 27.1 Å². The van der Waals surface area contributed by atoms with Gasteiger partial charge in [-0.05, 0) is 74.9 Å². The van der Waals surface area contributed by atoms with E-state index in [4.69, 9.17) is 17.9 Å². The summed E-state index contributed by atoms with van der Waals surface area (Å²) in [5.41, 5.74) is 6.40. The zero-order chi connectivity index (χ0) is 44.6. The molecule has 0 amide bonds. The number of aryl methyl sites for hydroxylation is 2. The van der Waals surface area contributed by atoms with Crippen molar-refractivity contribution in [3.05, 3.63) is 156 Å². The molecule has 0 aliphatic carbocycles. The number of rotatable bonds is 6. The Morgan fingerprint density at radius 2 is 1.40 bits per heavy atom. The standard InChI is InChI=1S/C50H44N6O.Pt/c1-32-14-13-15-33(2)47(32)40-16-9-10-17-42(40)55-31-54(43-18-11-12-19-44(43)55)36-24-35(50(6,7)8)25-38(27-36)57-37-20-21-39-41-29-51-30-53-48(41)56(45(39)28-37)46-26-34(22-23-52-46)49(3,4)5;/h9-26,29-30H,1-8H3;/q;+2/i1D3,2D3;. The van der Waals surface area contributed by atoms with Crippen molar-refractivity contribution in [2.45, 2.75) is 66.1 Å². The van der Waals surface area contributed by atoms with Crippen molar-refractivity contribution in [2.75, 3.05) is 0 Å². The van der Waals surface area contributed by atoms with Gasteiger partial charge in [0.25, 0.3) is 11.4 Å². The number of para-hydroxylation sites is 3. The van der Waals surface area contributed by atoms with Crippen molar-refractivity contribution in [1.29, 1.82) is 0 Å². The van der Waals surface area contributed by atoms with Crippen molar-refractivity contribution in [3.8, 4) is 28.4 Å². The molecule has 1 aliphatic heterocycles. The van der Waals surface area contributed by atoms with Gasteiger partial charge in [-0.25, -0.2) is 15.0 Å². The molecule has 4 heterocycles. The molecule has 1 aliphatic rings. The van der Waals surface area contributed by atoms with Crippen molar-refractivity contribution in [2.24, 2.45) is 0 Å². The SMILES string of the molecule is [2H]C([2H])([2H])c1cccc(C([2H])([2H])[2H])c1-c1ccccc1[N+]1=C=[N+](c2[c-]c(Oc3[c-]c4c(cc3)c3cncnc3n4-c3cc(C(C)(C)C)ccn3)cc(C(C)(C)C)c2)c2ccccc21.[Pt+2]. The van der Waals surface area contributed by atoms with Gasteiger partial charge in [-0.15, -0.1) is 23.8 Å². The summed E-state index contributed by atoms with van der Waals surface area (Å²) in [6.45, 7) is 7.74. The maximum Gasteiger partial charge on any atom is 2.00 e. The van der Waals surface area contributed by atoms with E-state index in [0.717, 1.165) is 38.8 Å². The van der Waals surface area contributed by atoms with Crippen LogP contribution in [-0.2, 0) is 31.9 Å². The maximum absolute atomic E-state index is 8.40. The van der Waals surface area contributed by atoms with E-state index >= 15 is 0 Å². The van der Waals surface area contributed by atoms with Gasteiger partial charge in [-0.1, -0.05) is 112 Å². The van der Waals surface area contributed by atoms with E-state index in [1.54, 1.807) is 18.3 Å². The molecule has 288 valence electrons.